The average molecular weight is 870 g/mol. The Bertz CT molecular complexity index is 2680. The molecule has 5 aromatic rings. The number of aliphatic hydroxyl groups is 1. The van der Waals surface area contributed by atoms with E-state index in [1.165, 1.54) is 4.57 Å². The summed E-state index contributed by atoms with van der Waals surface area (Å²) in [6.07, 6.45) is 5.08. The van der Waals surface area contributed by atoms with Gasteiger partial charge in [0.1, 0.15) is 0 Å². The summed E-state index contributed by atoms with van der Waals surface area (Å²) in [6, 6.07) is 9.58. The highest BCUT2D eigenvalue weighted by molar-refractivity contribution is 6.04. The summed E-state index contributed by atoms with van der Waals surface area (Å²) >= 11 is 0. The number of nitrogens with one attached hydrogen (secondary N) is 3. The molecule has 16 nitrogen and oxygen atoms in total. The smallest absolute Gasteiger partial charge is 0.301 e. The van der Waals surface area contributed by atoms with Crippen LogP contribution in [0, 0.1) is 17.7 Å². The van der Waals surface area contributed by atoms with Crippen LogP contribution in [0.15, 0.2) is 47.4 Å². The van der Waals surface area contributed by atoms with Gasteiger partial charge in [0.2, 0.25) is 23.5 Å². The van der Waals surface area contributed by atoms with Crippen LogP contribution < -0.4 is 36.0 Å². The topological polar surface area (TPSA) is 175 Å². The van der Waals surface area contributed by atoms with Crippen molar-refractivity contribution in [3.8, 4) is 5.75 Å². The molecule has 1 saturated carbocycles. The second-order valence-electron chi connectivity index (χ2n) is 17.7. The summed E-state index contributed by atoms with van der Waals surface area (Å²) in [5.41, 5.74) is 3.30. The summed E-state index contributed by atoms with van der Waals surface area (Å²) in [7, 11) is 3.45. The highest BCUT2D eigenvalue weighted by Crippen LogP contribution is 2.46. The highest BCUT2D eigenvalue weighted by atomic mass is 19.3. The number of imide groups is 1. The van der Waals surface area contributed by atoms with Gasteiger partial charge in [-0.1, -0.05) is 12.1 Å². The largest absolute Gasteiger partial charge is 0.480 e. The van der Waals surface area contributed by atoms with Crippen molar-refractivity contribution in [2.24, 2.45) is 25.9 Å². The minimum absolute atomic E-state index is 0.0956. The van der Waals surface area contributed by atoms with Crippen LogP contribution in [-0.2, 0) is 23.7 Å². The number of amides is 2. The Balaban J connectivity index is 0.803. The van der Waals surface area contributed by atoms with E-state index in [1.54, 1.807) is 25.2 Å². The molecule has 7 heterocycles. The summed E-state index contributed by atoms with van der Waals surface area (Å²) in [5.74, 6) is -4.71. The average Bonchev–Trinajstić information content (AvgIpc) is 4.08. The number of fused-ring (bicyclic) bond motifs is 4. The van der Waals surface area contributed by atoms with Gasteiger partial charge < -0.3 is 34.8 Å². The quantitative estimate of drug-likeness (QED) is 0.155. The Hall–Kier alpha value is -5.95. The first-order chi connectivity index (χ1) is 30.4. The van der Waals surface area contributed by atoms with E-state index in [9.17, 15) is 19.5 Å². The maximum absolute atomic E-state index is 15.4. The minimum Gasteiger partial charge on any atom is -0.480 e. The number of piperidine rings is 2. The highest BCUT2D eigenvalue weighted by Gasteiger charge is 2.51. The predicted octanol–water partition coefficient (Wildman–Crippen LogP) is 4.24. The van der Waals surface area contributed by atoms with Crippen LogP contribution >= 0.6 is 0 Å². The molecule has 4 fully saturated rings. The first-order valence-electron chi connectivity index (χ1n) is 21.7. The predicted molar refractivity (Wildman–Crippen MR) is 230 cm³/mol. The van der Waals surface area contributed by atoms with E-state index in [0.717, 1.165) is 55.3 Å². The van der Waals surface area contributed by atoms with Crippen LogP contribution in [0.4, 0.5) is 42.0 Å². The van der Waals surface area contributed by atoms with Crippen molar-refractivity contribution in [1.29, 1.82) is 0 Å². The van der Waals surface area contributed by atoms with Crippen molar-refractivity contribution >= 4 is 62.4 Å². The molecule has 332 valence electrons. The van der Waals surface area contributed by atoms with Crippen LogP contribution in [0.5, 0.6) is 5.75 Å². The Morgan fingerprint density at radius 1 is 1.00 bits per heavy atom. The normalized spacial score (nSPS) is 23.3. The minimum atomic E-state index is -3.18. The molecule has 10 rings (SSSR count). The van der Waals surface area contributed by atoms with Gasteiger partial charge in [-0.3, -0.25) is 29.3 Å². The molecule has 4 N–H and O–H groups in total. The lowest BCUT2D eigenvalue weighted by Crippen LogP contribution is -2.56. The number of carbonyl (C=O) groups excluding carboxylic acids is 2. The fraction of sp³-hybridized carbons (Fsp3) is 0.500. The van der Waals surface area contributed by atoms with E-state index in [1.807, 2.05) is 28.8 Å². The molecule has 3 atom stereocenters. The number of hydrogen-bond donors (Lipinski definition) is 4. The molecule has 2 amide bonds. The Labute approximate surface area is 360 Å². The zero-order chi connectivity index (χ0) is 43.7. The molecule has 63 heavy (non-hydrogen) atoms. The molecule has 0 radical (unpaired) electrons. The van der Waals surface area contributed by atoms with Crippen LogP contribution in [0.1, 0.15) is 50.1 Å². The number of aryl methyl sites for hydroxylation is 2. The van der Waals surface area contributed by atoms with E-state index in [0.29, 0.717) is 73.5 Å². The van der Waals surface area contributed by atoms with Crippen LogP contribution in [0.3, 0.4) is 0 Å². The molecular weight excluding hydrogens is 820 g/mol. The lowest BCUT2D eigenvalue weighted by molar-refractivity contribution is -0.134. The van der Waals surface area contributed by atoms with Crippen molar-refractivity contribution < 1.29 is 32.6 Å². The number of halogens is 3. The number of rotatable bonds is 9. The number of benzene rings is 2. The number of anilines is 5. The molecule has 3 aromatic heterocycles. The SMILES string of the molecule is Cn1nc(C2CCC(=O)NC2=O)c2cccc(N3CCC(CN4CCN(c5ncc(F)c(Nc6ccc7c(c6)c6c(c(=O)n7C)OCC(F)(F)C(C7CC7)N6)n5)C(CO)C4)CC3)c21. The molecule has 2 aromatic carbocycles. The van der Waals surface area contributed by atoms with Gasteiger partial charge in [-0.25, -0.2) is 18.2 Å². The lowest BCUT2D eigenvalue weighted by Gasteiger charge is -2.43. The number of carbonyl (C=O) groups is 2. The maximum Gasteiger partial charge on any atom is 0.301 e. The van der Waals surface area contributed by atoms with E-state index in [2.05, 4.69) is 41.8 Å². The number of nitrogens with zero attached hydrogens (tertiary/aromatic N) is 8. The Morgan fingerprint density at radius 2 is 1.81 bits per heavy atom. The molecule has 5 aliphatic rings. The van der Waals surface area contributed by atoms with Crippen molar-refractivity contribution in [2.45, 2.75) is 62.4 Å². The molecule has 3 saturated heterocycles. The van der Waals surface area contributed by atoms with Crippen LogP contribution in [0.25, 0.3) is 21.8 Å². The van der Waals surface area contributed by atoms with E-state index < -0.39 is 35.9 Å². The van der Waals surface area contributed by atoms with Gasteiger partial charge in [-0.15, -0.1) is 0 Å². The molecule has 1 aliphatic carbocycles. The number of hydrogen-bond acceptors (Lipinski definition) is 13. The number of aliphatic hydroxyl groups excluding tert-OH is 1. The fourth-order valence-corrected chi connectivity index (χ4v) is 10.0. The molecular formula is C44H50F3N11O5. The summed E-state index contributed by atoms with van der Waals surface area (Å²) < 4.78 is 54.4. The second-order valence-corrected chi connectivity index (χ2v) is 17.7. The molecule has 19 heteroatoms. The van der Waals surface area contributed by atoms with Gasteiger partial charge in [0.05, 0.1) is 58.9 Å². The first kappa shape index (κ1) is 41.1. The summed E-state index contributed by atoms with van der Waals surface area (Å²) in [6.45, 7) is 3.29. The van der Waals surface area contributed by atoms with Crippen LogP contribution in [0.2, 0.25) is 0 Å². The number of alkyl halides is 2. The number of para-hydroxylation sites is 1. The molecule has 0 bridgehead atoms. The van der Waals surface area contributed by atoms with Gasteiger partial charge in [0.25, 0.3) is 5.56 Å². The van der Waals surface area contributed by atoms with Gasteiger partial charge in [0.15, 0.2) is 18.2 Å². The zero-order valence-corrected chi connectivity index (χ0v) is 35.1. The zero-order valence-electron chi connectivity index (χ0n) is 35.1. The molecule has 3 unspecified atom stereocenters. The van der Waals surface area contributed by atoms with Crippen molar-refractivity contribution in [2.75, 3.05) is 72.9 Å². The van der Waals surface area contributed by atoms with Crippen molar-refractivity contribution in [1.82, 2.24) is 34.5 Å². The Kier molecular flexibility index (Phi) is 10.4. The van der Waals surface area contributed by atoms with Gasteiger partial charge in [-0.2, -0.15) is 10.1 Å². The standard InChI is InChI=1S/C44H50F3N11O5/c1-54-32-10-8-26(18-30(32)36-38(42(54)62)63-23-44(46,47)39(51-36)25-6-7-25)49-40-31(45)19-48-43(52-40)58-17-16-56(21-27(58)22-59)20-24-12-14-57(15-13-24)33-5-3-4-28-35(53-55(2)37(28)33)29-9-11-34(60)50-41(29)61/h3-5,8,10,18-19,24-25,27,29,39,51,59H,6-7,9,11-17,20-23H2,1-2H3,(H,48,49,52)(H,50,60,61). The van der Waals surface area contributed by atoms with Crippen LogP contribution in [-0.4, -0.2) is 117 Å². The Morgan fingerprint density at radius 3 is 2.57 bits per heavy atom. The third-order valence-corrected chi connectivity index (χ3v) is 13.6. The number of aromatic nitrogens is 5. The van der Waals surface area contributed by atoms with E-state index in [-0.39, 0.29) is 53.6 Å². The van der Waals surface area contributed by atoms with E-state index >= 15 is 13.2 Å². The van der Waals surface area contributed by atoms with Gasteiger partial charge in [-0.05, 0) is 68.2 Å². The number of ether oxygens (including phenoxy) is 1. The number of piperazine rings is 1. The third kappa shape index (κ3) is 7.57. The van der Waals surface area contributed by atoms with E-state index in [4.69, 9.17) is 9.84 Å². The second kappa shape index (κ2) is 16.0. The summed E-state index contributed by atoms with van der Waals surface area (Å²) in [4.78, 5) is 53.3. The molecule has 4 aliphatic heterocycles. The molecule has 0 spiro atoms. The van der Waals surface area contributed by atoms with Gasteiger partial charge >= 0.3 is 5.92 Å². The van der Waals surface area contributed by atoms with Gasteiger partial charge in [0, 0.05) is 76.2 Å². The first-order valence-corrected chi connectivity index (χ1v) is 21.7. The fourth-order valence-electron chi connectivity index (χ4n) is 10.0. The number of pyridine rings is 1. The summed E-state index contributed by atoms with van der Waals surface area (Å²) in [5, 5.41) is 25.2. The third-order valence-electron chi connectivity index (χ3n) is 13.6. The van der Waals surface area contributed by atoms with Crippen molar-refractivity contribution in [3.05, 3.63) is 64.5 Å². The maximum atomic E-state index is 15.4. The monoisotopic (exact) mass is 869 g/mol. The lowest BCUT2D eigenvalue weighted by atomic mass is 9.92. The van der Waals surface area contributed by atoms with Crippen molar-refractivity contribution in [3.63, 3.8) is 0 Å².